The van der Waals surface area contributed by atoms with Crippen LogP contribution >= 0.6 is 0 Å². The molecule has 1 amide bonds. The first-order chi connectivity index (χ1) is 12.4. The van der Waals surface area contributed by atoms with E-state index < -0.39 is 23.2 Å². The zero-order valence-corrected chi connectivity index (χ0v) is 14.2. The molecule has 0 atom stereocenters. The summed E-state index contributed by atoms with van der Waals surface area (Å²) in [7, 11) is 2.79. The number of methoxy groups -OCH3 is 2. The molecule has 8 heteroatoms. The van der Waals surface area contributed by atoms with Crippen LogP contribution in [0.1, 0.15) is 11.1 Å². The molecule has 0 saturated heterocycles. The number of phenolic OH excluding ortho intramolecular Hbond substituents is 4. The van der Waals surface area contributed by atoms with Crippen molar-refractivity contribution >= 4 is 12.0 Å². The van der Waals surface area contributed by atoms with Crippen LogP contribution in [0.15, 0.2) is 30.3 Å². The molecule has 0 aliphatic carbocycles. The molecule has 0 aliphatic heterocycles. The van der Waals surface area contributed by atoms with Crippen molar-refractivity contribution < 1.29 is 34.7 Å². The summed E-state index contributed by atoms with van der Waals surface area (Å²) in [5, 5.41) is 40.8. The summed E-state index contributed by atoms with van der Waals surface area (Å²) in [6, 6.07) is 5.66. The Labute approximate surface area is 149 Å². The Morgan fingerprint density at radius 3 is 2.19 bits per heavy atom. The van der Waals surface area contributed by atoms with Crippen LogP contribution < -0.4 is 14.8 Å². The third-order valence-corrected chi connectivity index (χ3v) is 3.60. The van der Waals surface area contributed by atoms with Crippen molar-refractivity contribution in [3.63, 3.8) is 0 Å². The number of phenols is 4. The van der Waals surface area contributed by atoms with Crippen LogP contribution in [-0.2, 0) is 11.3 Å². The molecule has 2 rings (SSSR count). The number of rotatable bonds is 6. The number of nitrogens with one attached hydrogen (secondary N) is 1. The first-order valence-electron chi connectivity index (χ1n) is 7.51. The standard InChI is InChI=1S/C18H19NO7/c1-25-13-7-10(8-14(26-2)18(13)24)3-6-15(21)19-9-11-4-5-12(20)17(23)16(11)22/h3-8,20,22-24H,9H2,1-2H3,(H,19,21). The van der Waals surface area contributed by atoms with Crippen LogP contribution in [0.2, 0.25) is 0 Å². The molecule has 138 valence electrons. The van der Waals surface area contributed by atoms with Gasteiger partial charge in [-0.1, -0.05) is 0 Å². The van der Waals surface area contributed by atoms with Crippen molar-refractivity contribution in [3.05, 3.63) is 41.5 Å². The quantitative estimate of drug-likeness (QED) is 0.392. The molecule has 0 saturated carbocycles. The van der Waals surface area contributed by atoms with Crippen LogP contribution in [-0.4, -0.2) is 40.6 Å². The predicted molar refractivity (Wildman–Crippen MR) is 93.5 cm³/mol. The fraction of sp³-hybridized carbons (Fsp3) is 0.167. The van der Waals surface area contributed by atoms with Gasteiger partial charge >= 0.3 is 0 Å². The number of hydrogen-bond donors (Lipinski definition) is 5. The van der Waals surface area contributed by atoms with E-state index >= 15 is 0 Å². The average Bonchev–Trinajstić information content (AvgIpc) is 2.64. The molecule has 2 aromatic carbocycles. The topological polar surface area (TPSA) is 128 Å². The van der Waals surface area contributed by atoms with Crippen LogP contribution in [0.5, 0.6) is 34.5 Å². The van der Waals surface area contributed by atoms with Crippen molar-refractivity contribution in [2.24, 2.45) is 0 Å². The summed E-state index contributed by atoms with van der Waals surface area (Å²) in [6.07, 6.45) is 2.75. The van der Waals surface area contributed by atoms with E-state index in [1.54, 1.807) is 0 Å². The highest BCUT2D eigenvalue weighted by Gasteiger charge is 2.12. The average molecular weight is 361 g/mol. The largest absolute Gasteiger partial charge is 0.504 e. The van der Waals surface area contributed by atoms with Crippen LogP contribution in [0.25, 0.3) is 6.08 Å². The summed E-state index contributed by atoms with van der Waals surface area (Å²) in [5.41, 5.74) is 0.812. The third kappa shape index (κ3) is 4.10. The maximum Gasteiger partial charge on any atom is 0.244 e. The lowest BCUT2D eigenvalue weighted by Crippen LogP contribution is -2.20. The Morgan fingerprint density at radius 2 is 1.62 bits per heavy atom. The van der Waals surface area contributed by atoms with Gasteiger partial charge in [-0.3, -0.25) is 4.79 Å². The summed E-state index contributed by atoms with van der Waals surface area (Å²) >= 11 is 0. The molecule has 0 heterocycles. The summed E-state index contributed by atoms with van der Waals surface area (Å²) in [4.78, 5) is 11.9. The van der Waals surface area contributed by atoms with Gasteiger partial charge < -0.3 is 35.2 Å². The van der Waals surface area contributed by atoms with Crippen molar-refractivity contribution in [2.75, 3.05) is 14.2 Å². The zero-order chi connectivity index (χ0) is 19.3. The number of benzene rings is 2. The number of carbonyl (C=O) groups excluding carboxylic acids is 1. The van der Waals surface area contributed by atoms with E-state index in [1.165, 1.54) is 50.6 Å². The smallest absolute Gasteiger partial charge is 0.244 e. The van der Waals surface area contributed by atoms with E-state index in [9.17, 15) is 25.2 Å². The lowest BCUT2D eigenvalue weighted by Gasteiger charge is -2.09. The second kappa shape index (κ2) is 8.02. The molecule has 0 spiro atoms. The summed E-state index contributed by atoms with van der Waals surface area (Å²) in [5.74, 6) is -1.78. The first-order valence-corrected chi connectivity index (χ1v) is 7.51. The minimum Gasteiger partial charge on any atom is -0.504 e. The van der Waals surface area contributed by atoms with Gasteiger partial charge in [0.25, 0.3) is 0 Å². The number of aromatic hydroxyl groups is 4. The van der Waals surface area contributed by atoms with E-state index in [0.29, 0.717) is 5.56 Å². The van der Waals surface area contributed by atoms with E-state index in [2.05, 4.69) is 5.32 Å². The molecule has 26 heavy (non-hydrogen) atoms. The van der Waals surface area contributed by atoms with E-state index in [4.69, 9.17) is 9.47 Å². The molecule has 0 unspecified atom stereocenters. The van der Waals surface area contributed by atoms with E-state index in [1.807, 2.05) is 0 Å². The minimum atomic E-state index is -0.643. The van der Waals surface area contributed by atoms with Gasteiger partial charge in [-0.2, -0.15) is 0 Å². The molecule has 8 nitrogen and oxygen atoms in total. The molecule has 2 aromatic rings. The summed E-state index contributed by atoms with van der Waals surface area (Å²) in [6.45, 7) is -0.0505. The molecular weight excluding hydrogens is 342 g/mol. The van der Waals surface area contributed by atoms with Crippen molar-refractivity contribution in [1.29, 1.82) is 0 Å². The maximum atomic E-state index is 11.9. The van der Waals surface area contributed by atoms with Gasteiger partial charge in [-0.25, -0.2) is 0 Å². The lowest BCUT2D eigenvalue weighted by molar-refractivity contribution is -0.116. The second-order valence-electron chi connectivity index (χ2n) is 5.27. The van der Waals surface area contributed by atoms with Gasteiger partial charge in [0.2, 0.25) is 17.4 Å². The highest BCUT2D eigenvalue weighted by molar-refractivity contribution is 5.92. The van der Waals surface area contributed by atoms with Crippen LogP contribution in [0, 0.1) is 0 Å². The number of ether oxygens (including phenoxy) is 2. The van der Waals surface area contributed by atoms with Crippen molar-refractivity contribution in [1.82, 2.24) is 5.32 Å². The van der Waals surface area contributed by atoms with Crippen molar-refractivity contribution in [3.8, 4) is 34.5 Å². The van der Waals surface area contributed by atoms with Gasteiger partial charge in [0.05, 0.1) is 14.2 Å². The monoisotopic (exact) mass is 361 g/mol. The Kier molecular flexibility index (Phi) is 5.79. The third-order valence-electron chi connectivity index (χ3n) is 3.60. The normalized spacial score (nSPS) is 10.7. The number of hydrogen-bond acceptors (Lipinski definition) is 7. The molecule has 0 aromatic heterocycles. The molecule has 5 N–H and O–H groups in total. The molecule has 0 radical (unpaired) electrons. The zero-order valence-electron chi connectivity index (χ0n) is 14.2. The molecule has 0 bridgehead atoms. The van der Waals surface area contributed by atoms with Gasteiger partial charge in [0.1, 0.15) is 0 Å². The van der Waals surface area contributed by atoms with E-state index in [0.717, 1.165) is 0 Å². The van der Waals surface area contributed by atoms with Gasteiger partial charge in [-0.05, 0) is 35.9 Å². The fourth-order valence-corrected chi connectivity index (χ4v) is 2.18. The van der Waals surface area contributed by atoms with Gasteiger partial charge in [0.15, 0.2) is 23.0 Å². The SMILES string of the molecule is COc1cc(C=CC(=O)NCc2ccc(O)c(O)c2O)cc(OC)c1O. The number of carbonyl (C=O) groups is 1. The van der Waals surface area contributed by atoms with Crippen LogP contribution in [0.3, 0.4) is 0 Å². The first kappa shape index (κ1) is 18.8. The van der Waals surface area contributed by atoms with Gasteiger partial charge in [0, 0.05) is 18.2 Å². The lowest BCUT2D eigenvalue weighted by atomic mass is 10.1. The second-order valence-corrected chi connectivity index (χ2v) is 5.27. The summed E-state index contributed by atoms with van der Waals surface area (Å²) < 4.78 is 10.1. The highest BCUT2D eigenvalue weighted by atomic mass is 16.5. The Morgan fingerprint density at radius 1 is 1.00 bits per heavy atom. The Bertz CT molecular complexity index is 821. The molecule has 0 fully saturated rings. The van der Waals surface area contributed by atoms with Crippen LogP contribution in [0.4, 0.5) is 0 Å². The molecule has 0 aliphatic rings. The Hall–Kier alpha value is -3.55. The van der Waals surface area contributed by atoms with E-state index in [-0.39, 0.29) is 29.4 Å². The van der Waals surface area contributed by atoms with Crippen molar-refractivity contribution in [2.45, 2.75) is 6.54 Å². The number of amides is 1. The minimum absolute atomic E-state index is 0.0505. The predicted octanol–water partition coefficient (Wildman–Crippen LogP) is 1.86. The highest BCUT2D eigenvalue weighted by Crippen LogP contribution is 2.38. The fourth-order valence-electron chi connectivity index (χ4n) is 2.18. The molecular formula is C18H19NO7. The maximum absolute atomic E-state index is 11.9. The van der Waals surface area contributed by atoms with Gasteiger partial charge in [-0.15, -0.1) is 0 Å². The Balaban J connectivity index is 2.07.